The summed E-state index contributed by atoms with van der Waals surface area (Å²) in [5.74, 6) is 0.706. The molecule has 4 heterocycles. The fourth-order valence-corrected chi connectivity index (χ4v) is 6.58. The van der Waals surface area contributed by atoms with Gasteiger partial charge in [0.15, 0.2) is 0 Å². The lowest BCUT2D eigenvalue weighted by Crippen LogP contribution is -2.44. The number of fused-ring (bicyclic) bond motifs is 2. The molecule has 2 N–H and O–H groups in total. The van der Waals surface area contributed by atoms with Crippen molar-refractivity contribution in [1.29, 1.82) is 0 Å². The zero-order valence-electron chi connectivity index (χ0n) is 22.2. The maximum Gasteiger partial charge on any atom is 0.416 e. The van der Waals surface area contributed by atoms with Gasteiger partial charge < -0.3 is 15.4 Å². The van der Waals surface area contributed by atoms with Crippen LogP contribution in [0.5, 0.6) is 0 Å². The highest BCUT2D eigenvalue weighted by molar-refractivity contribution is 5.91. The lowest BCUT2D eigenvalue weighted by Gasteiger charge is -2.31. The Hall–Kier alpha value is -3.31. The molecule has 6 rings (SSSR count). The maximum absolute atomic E-state index is 13.3. The van der Waals surface area contributed by atoms with E-state index in [0.29, 0.717) is 17.5 Å². The van der Waals surface area contributed by atoms with Crippen molar-refractivity contribution in [3.63, 3.8) is 0 Å². The molecule has 0 bridgehead atoms. The number of carbonyl (C=O) groups excluding carboxylic acids is 1. The lowest BCUT2D eigenvalue weighted by atomic mass is 9.88. The first kappa shape index (κ1) is 26.9. The van der Waals surface area contributed by atoms with E-state index in [1.807, 2.05) is 12.4 Å². The Morgan fingerprint density at radius 3 is 2.77 bits per heavy atom. The Morgan fingerprint density at radius 2 is 1.95 bits per heavy atom. The number of nitrogens with one attached hydrogen (secondary N) is 2. The molecule has 2 aromatic heterocycles. The average molecular weight is 555 g/mol. The maximum atomic E-state index is 13.3. The summed E-state index contributed by atoms with van der Waals surface area (Å²) < 4.78 is 45.4. The molecule has 212 valence electrons. The minimum Gasteiger partial charge on any atom is -0.381 e. The van der Waals surface area contributed by atoms with Crippen LogP contribution in [0.4, 0.5) is 19.0 Å². The highest BCUT2D eigenvalue weighted by atomic mass is 19.4. The fraction of sp³-hybridized carbons (Fsp3) is 0.517. The van der Waals surface area contributed by atoms with Gasteiger partial charge in [-0.05, 0) is 79.3 Å². The number of hydrogen-bond donors (Lipinski definition) is 2. The number of carbonyl (C=O) groups is 1. The molecule has 3 atom stereocenters. The van der Waals surface area contributed by atoms with Crippen molar-refractivity contribution in [2.24, 2.45) is 5.92 Å². The second-order valence-corrected chi connectivity index (χ2v) is 11.1. The van der Waals surface area contributed by atoms with Gasteiger partial charge in [0.05, 0.1) is 17.6 Å². The minimum atomic E-state index is -4.48. The molecule has 1 aromatic carbocycles. The molecular formula is C29H33F3N6O2. The number of aryl methyl sites for hydroxylation is 1. The van der Waals surface area contributed by atoms with Gasteiger partial charge in [0.1, 0.15) is 12.1 Å². The normalized spacial score (nSPS) is 23.8. The monoisotopic (exact) mass is 554 g/mol. The Bertz CT molecular complexity index is 1360. The van der Waals surface area contributed by atoms with Gasteiger partial charge in [-0.1, -0.05) is 0 Å². The molecule has 2 aliphatic heterocycles. The fourth-order valence-electron chi connectivity index (χ4n) is 6.58. The van der Waals surface area contributed by atoms with Crippen molar-refractivity contribution < 1.29 is 22.7 Å². The second kappa shape index (κ2) is 11.3. The van der Waals surface area contributed by atoms with Crippen LogP contribution >= 0.6 is 0 Å². The van der Waals surface area contributed by atoms with Crippen LogP contribution < -0.4 is 10.6 Å². The van der Waals surface area contributed by atoms with Gasteiger partial charge >= 0.3 is 6.18 Å². The van der Waals surface area contributed by atoms with Crippen molar-refractivity contribution in [3.05, 3.63) is 59.7 Å². The summed E-state index contributed by atoms with van der Waals surface area (Å²) in [6.45, 7) is 3.12. The summed E-state index contributed by atoms with van der Waals surface area (Å²) in [6, 6.07) is 5.87. The summed E-state index contributed by atoms with van der Waals surface area (Å²) >= 11 is 0. The number of aromatic nitrogens is 3. The quantitative estimate of drug-likeness (QED) is 0.453. The third kappa shape index (κ3) is 5.76. The predicted octanol–water partition coefficient (Wildman–Crippen LogP) is 4.17. The van der Waals surface area contributed by atoms with Crippen molar-refractivity contribution in [2.75, 3.05) is 38.2 Å². The SMILES string of the molecule is O=C(CNc1ncnc2ccc(C(F)(F)F)cc12)NC1CN(C2CCOCC2)C[C@@H]1CC1CCc2ccncc21. The molecule has 0 saturated carbocycles. The van der Waals surface area contributed by atoms with Crippen molar-refractivity contribution >= 4 is 22.6 Å². The van der Waals surface area contributed by atoms with Gasteiger partial charge in [-0.3, -0.25) is 14.7 Å². The van der Waals surface area contributed by atoms with Gasteiger partial charge in [0.25, 0.3) is 0 Å². The Kier molecular flexibility index (Phi) is 7.59. The van der Waals surface area contributed by atoms with Crippen LogP contribution in [0, 0.1) is 5.92 Å². The molecule has 0 spiro atoms. The summed E-state index contributed by atoms with van der Waals surface area (Å²) in [4.78, 5) is 28.2. The standard InChI is InChI=1S/C29H33F3N6O2/c30-29(31,32)21-3-4-25-23(12-21)28(36-17-35-25)34-14-27(39)37-26-16-38(22-6-9-40-10-7-22)15-20(26)11-19-2-1-18-5-8-33-13-24(18)19/h3-5,8,12-13,17,19-20,22,26H,1-2,6-7,9-11,14-16H2,(H,37,39)(H,34,35,36)/t19?,20-,26?/m0/s1. The van der Waals surface area contributed by atoms with E-state index >= 15 is 0 Å². The molecule has 2 fully saturated rings. The molecule has 11 heteroatoms. The molecule has 0 radical (unpaired) electrons. The number of rotatable bonds is 7. The number of nitrogens with zero attached hydrogens (tertiary/aromatic N) is 4. The summed E-state index contributed by atoms with van der Waals surface area (Å²) in [5.41, 5.74) is 2.29. The largest absolute Gasteiger partial charge is 0.416 e. The first-order valence-corrected chi connectivity index (χ1v) is 13.9. The molecule has 2 unspecified atom stereocenters. The zero-order valence-corrected chi connectivity index (χ0v) is 22.2. The van der Waals surface area contributed by atoms with Crippen LogP contribution in [-0.2, 0) is 22.1 Å². The molecular weight excluding hydrogens is 521 g/mol. The number of alkyl halides is 3. The Morgan fingerprint density at radius 1 is 1.10 bits per heavy atom. The predicted molar refractivity (Wildman–Crippen MR) is 144 cm³/mol. The second-order valence-electron chi connectivity index (χ2n) is 11.1. The zero-order chi connectivity index (χ0) is 27.7. The molecule has 2 saturated heterocycles. The van der Waals surface area contributed by atoms with Crippen LogP contribution in [0.3, 0.4) is 0 Å². The van der Waals surface area contributed by atoms with Crippen LogP contribution in [0.15, 0.2) is 43.0 Å². The number of halogens is 3. The number of likely N-dealkylation sites (tertiary alicyclic amines) is 1. The third-order valence-corrected chi connectivity index (χ3v) is 8.64. The summed E-state index contributed by atoms with van der Waals surface area (Å²) in [5, 5.41) is 6.41. The highest BCUT2D eigenvalue weighted by Crippen LogP contribution is 2.39. The van der Waals surface area contributed by atoms with E-state index in [1.54, 1.807) is 0 Å². The van der Waals surface area contributed by atoms with Gasteiger partial charge in [0.2, 0.25) is 5.91 Å². The van der Waals surface area contributed by atoms with E-state index in [4.69, 9.17) is 4.74 Å². The lowest BCUT2D eigenvalue weighted by molar-refractivity contribution is -0.137. The van der Waals surface area contributed by atoms with E-state index in [-0.39, 0.29) is 35.6 Å². The van der Waals surface area contributed by atoms with Crippen molar-refractivity contribution in [3.8, 4) is 0 Å². The number of amides is 1. The van der Waals surface area contributed by atoms with Gasteiger partial charge in [0, 0.05) is 56.2 Å². The van der Waals surface area contributed by atoms with E-state index in [9.17, 15) is 18.0 Å². The molecule has 3 aliphatic rings. The van der Waals surface area contributed by atoms with Crippen LogP contribution in [0.1, 0.15) is 48.3 Å². The van der Waals surface area contributed by atoms with Crippen LogP contribution in [0.2, 0.25) is 0 Å². The number of benzene rings is 1. The van der Waals surface area contributed by atoms with Crippen LogP contribution in [-0.4, -0.2) is 70.7 Å². The van der Waals surface area contributed by atoms with Gasteiger partial charge in [-0.2, -0.15) is 13.2 Å². The van der Waals surface area contributed by atoms with Crippen molar-refractivity contribution in [1.82, 2.24) is 25.2 Å². The first-order valence-electron chi connectivity index (χ1n) is 13.9. The van der Waals surface area contributed by atoms with E-state index in [1.165, 1.54) is 23.5 Å². The highest BCUT2D eigenvalue weighted by Gasteiger charge is 2.39. The number of anilines is 1. The Balaban J connectivity index is 1.14. The van der Waals surface area contributed by atoms with Crippen molar-refractivity contribution in [2.45, 2.75) is 56.3 Å². The third-order valence-electron chi connectivity index (χ3n) is 8.64. The minimum absolute atomic E-state index is 0.0168. The summed E-state index contributed by atoms with van der Waals surface area (Å²) in [7, 11) is 0. The average Bonchev–Trinajstić information content (AvgIpc) is 3.56. The van der Waals surface area contributed by atoms with E-state index < -0.39 is 11.7 Å². The number of ether oxygens (including phenoxy) is 1. The molecule has 40 heavy (non-hydrogen) atoms. The van der Waals surface area contributed by atoms with Gasteiger partial charge in [-0.15, -0.1) is 0 Å². The number of pyridine rings is 1. The molecule has 1 amide bonds. The van der Waals surface area contributed by atoms with Crippen LogP contribution in [0.25, 0.3) is 10.9 Å². The first-order chi connectivity index (χ1) is 19.3. The molecule has 1 aliphatic carbocycles. The molecule has 3 aromatic rings. The van der Waals surface area contributed by atoms with Gasteiger partial charge in [-0.25, -0.2) is 9.97 Å². The smallest absolute Gasteiger partial charge is 0.381 e. The summed E-state index contributed by atoms with van der Waals surface area (Å²) in [6.07, 6.45) is 5.76. The topological polar surface area (TPSA) is 92.3 Å². The number of hydrogen-bond acceptors (Lipinski definition) is 7. The van der Waals surface area contributed by atoms with E-state index in [0.717, 1.165) is 70.5 Å². The Labute approximate surface area is 230 Å². The van der Waals surface area contributed by atoms with E-state index in [2.05, 4.69) is 36.6 Å². The molecule has 8 nitrogen and oxygen atoms in total.